The first-order chi connectivity index (χ1) is 11.7. The van der Waals surface area contributed by atoms with Crippen LogP contribution in [0.15, 0.2) is 18.5 Å². The van der Waals surface area contributed by atoms with E-state index in [2.05, 4.69) is 27.9 Å². The van der Waals surface area contributed by atoms with Crippen LogP contribution in [0.1, 0.15) is 40.0 Å². The van der Waals surface area contributed by atoms with Crippen molar-refractivity contribution in [1.29, 1.82) is 0 Å². The molecule has 0 saturated carbocycles. The van der Waals surface area contributed by atoms with Gasteiger partial charge in [0.1, 0.15) is 5.69 Å². The van der Waals surface area contributed by atoms with Crippen LogP contribution < -0.4 is 4.90 Å². The zero-order valence-corrected chi connectivity index (χ0v) is 14.1. The Bertz CT molecular complexity index is 814. The highest BCUT2D eigenvalue weighted by Crippen LogP contribution is 2.41. The molecule has 0 fully saturated rings. The number of aromatic nitrogens is 2. The van der Waals surface area contributed by atoms with E-state index >= 15 is 0 Å². The summed E-state index contributed by atoms with van der Waals surface area (Å²) in [5.41, 5.74) is 7.36. The molecule has 0 saturated heterocycles. The van der Waals surface area contributed by atoms with E-state index in [-0.39, 0.29) is 0 Å². The highest BCUT2D eigenvalue weighted by molar-refractivity contribution is 5.95. The molecule has 2 aliphatic heterocycles. The van der Waals surface area contributed by atoms with E-state index in [0.717, 1.165) is 31.5 Å². The predicted octanol–water partition coefficient (Wildman–Crippen LogP) is 2.94. The molecule has 4 rings (SSSR count). The Morgan fingerprint density at radius 1 is 1.17 bits per heavy atom. The summed E-state index contributed by atoms with van der Waals surface area (Å²) in [6.07, 6.45) is 7.71. The molecular formula is C19H21N3O2. The largest absolute Gasteiger partial charge is 0.464 e. The van der Waals surface area contributed by atoms with Gasteiger partial charge in [-0.2, -0.15) is 0 Å². The number of methoxy groups -OCH3 is 1. The van der Waals surface area contributed by atoms with Gasteiger partial charge >= 0.3 is 5.97 Å². The lowest BCUT2D eigenvalue weighted by atomic mass is 9.85. The molecule has 2 aromatic rings. The molecule has 0 aliphatic carbocycles. The number of nitrogens with zero attached hydrogens (tertiary/aromatic N) is 3. The summed E-state index contributed by atoms with van der Waals surface area (Å²) in [7, 11) is 1.38. The molecule has 0 amide bonds. The molecule has 0 spiro atoms. The van der Waals surface area contributed by atoms with Gasteiger partial charge in [0.2, 0.25) is 0 Å². The van der Waals surface area contributed by atoms with Gasteiger partial charge in [-0.05, 0) is 55.4 Å². The summed E-state index contributed by atoms with van der Waals surface area (Å²) in [4.78, 5) is 23.3. The lowest BCUT2D eigenvalue weighted by Crippen LogP contribution is -2.35. The first-order valence-electron chi connectivity index (χ1n) is 8.50. The maximum atomic E-state index is 12.1. The molecule has 0 unspecified atom stereocenters. The minimum atomic E-state index is -0.439. The van der Waals surface area contributed by atoms with Crippen LogP contribution in [0.5, 0.6) is 0 Å². The van der Waals surface area contributed by atoms with E-state index < -0.39 is 5.97 Å². The van der Waals surface area contributed by atoms with Crippen LogP contribution in [0, 0.1) is 6.92 Å². The van der Waals surface area contributed by atoms with Crippen molar-refractivity contribution in [3.05, 3.63) is 40.8 Å². The fraction of sp³-hybridized carbons (Fsp3) is 0.421. The number of aryl methyl sites for hydroxylation is 1. The highest BCUT2D eigenvalue weighted by Gasteiger charge is 2.28. The van der Waals surface area contributed by atoms with Crippen LogP contribution in [-0.2, 0) is 17.6 Å². The van der Waals surface area contributed by atoms with Crippen LogP contribution in [0.2, 0.25) is 0 Å². The summed E-state index contributed by atoms with van der Waals surface area (Å²) in [6, 6.07) is 2.21. The fourth-order valence-electron chi connectivity index (χ4n) is 4.04. The van der Waals surface area contributed by atoms with Gasteiger partial charge in [0, 0.05) is 36.7 Å². The second-order valence-corrected chi connectivity index (χ2v) is 6.47. The Morgan fingerprint density at radius 2 is 1.92 bits per heavy atom. The molecule has 124 valence electrons. The number of anilines is 1. The lowest BCUT2D eigenvalue weighted by Gasteiger charge is -2.38. The molecule has 0 radical (unpaired) electrons. The summed E-state index contributed by atoms with van der Waals surface area (Å²) in [5.74, 6) is -0.439. The minimum absolute atomic E-state index is 0.290. The third-order valence-electron chi connectivity index (χ3n) is 5.14. The summed E-state index contributed by atoms with van der Waals surface area (Å²) in [5, 5.41) is 0. The zero-order chi connectivity index (χ0) is 16.7. The topological polar surface area (TPSA) is 55.3 Å². The van der Waals surface area contributed by atoms with E-state index in [0.29, 0.717) is 11.4 Å². The van der Waals surface area contributed by atoms with Crippen LogP contribution in [0.3, 0.4) is 0 Å². The number of hydrogen-bond donors (Lipinski definition) is 0. The molecule has 0 N–H and O–H groups in total. The normalized spacial score (nSPS) is 15.8. The number of esters is 1. The van der Waals surface area contributed by atoms with E-state index in [9.17, 15) is 4.79 Å². The monoisotopic (exact) mass is 323 g/mol. The van der Waals surface area contributed by atoms with Crippen LogP contribution in [0.4, 0.5) is 5.69 Å². The number of ether oxygens (including phenoxy) is 1. The van der Waals surface area contributed by atoms with Crippen molar-refractivity contribution in [2.24, 2.45) is 0 Å². The Hall–Kier alpha value is -2.43. The average Bonchev–Trinajstić information content (AvgIpc) is 2.64. The third-order valence-corrected chi connectivity index (χ3v) is 5.14. The van der Waals surface area contributed by atoms with Crippen LogP contribution in [-0.4, -0.2) is 36.1 Å². The molecule has 5 nitrogen and oxygen atoms in total. The van der Waals surface area contributed by atoms with E-state index in [1.807, 2.05) is 0 Å². The Kier molecular flexibility index (Phi) is 3.71. The second-order valence-electron chi connectivity index (χ2n) is 6.47. The Labute approximate surface area is 141 Å². The van der Waals surface area contributed by atoms with Crippen molar-refractivity contribution in [1.82, 2.24) is 9.97 Å². The maximum Gasteiger partial charge on any atom is 0.358 e. The van der Waals surface area contributed by atoms with Gasteiger partial charge in [-0.25, -0.2) is 9.78 Å². The number of carbonyl (C=O) groups excluding carboxylic acids is 1. The number of carbonyl (C=O) groups is 1. The standard InChI is InChI=1S/C19H21N3O2/c1-12-14-6-4-10-22-9-3-5-13(18(14)22)11-15(12)16-17(19(23)24-2)21-8-7-20-16/h7-8,11H,3-6,9-10H2,1-2H3. The molecular weight excluding hydrogens is 302 g/mol. The van der Waals surface area contributed by atoms with Gasteiger partial charge in [0.05, 0.1) is 7.11 Å². The SMILES string of the molecule is COC(=O)c1nccnc1-c1cc2c3c(c1C)CCCN3CCC2. The molecule has 24 heavy (non-hydrogen) atoms. The van der Waals surface area contributed by atoms with E-state index in [4.69, 9.17) is 4.74 Å². The summed E-state index contributed by atoms with van der Waals surface area (Å²) >= 11 is 0. The predicted molar refractivity (Wildman–Crippen MR) is 92.4 cm³/mol. The molecule has 2 aliphatic rings. The quantitative estimate of drug-likeness (QED) is 0.795. The molecule has 1 aromatic carbocycles. The smallest absolute Gasteiger partial charge is 0.358 e. The fourth-order valence-corrected chi connectivity index (χ4v) is 4.04. The van der Waals surface area contributed by atoms with Crippen molar-refractivity contribution in [2.75, 3.05) is 25.1 Å². The molecule has 3 heterocycles. The first-order valence-corrected chi connectivity index (χ1v) is 8.50. The van der Waals surface area contributed by atoms with Crippen molar-refractivity contribution in [2.45, 2.75) is 32.6 Å². The maximum absolute atomic E-state index is 12.1. The van der Waals surface area contributed by atoms with Gasteiger partial charge in [-0.1, -0.05) is 0 Å². The highest BCUT2D eigenvalue weighted by atomic mass is 16.5. The van der Waals surface area contributed by atoms with Gasteiger partial charge in [-0.15, -0.1) is 0 Å². The second kappa shape index (κ2) is 5.89. The van der Waals surface area contributed by atoms with Crippen molar-refractivity contribution in [3.8, 4) is 11.3 Å². The Balaban J connectivity index is 1.94. The van der Waals surface area contributed by atoms with Crippen LogP contribution >= 0.6 is 0 Å². The van der Waals surface area contributed by atoms with Crippen LogP contribution in [0.25, 0.3) is 11.3 Å². The van der Waals surface area contributed by atoms with Gasteiger partial charge in [-0.3, -0.25) is 4.98 Å². The zero-order valence-electron chi connectivity index (χ0n) is 14.1. The Morgan fingerprint density at radius 3 is 2.71 bits per heavy atom. The van der Waals surface area contributed by atoms with E-state index in [1.54, 1.807) is 6.20 Å². The van der Waals surface area contributed by atoms with Gasteiger partial charge in [0.15, 0.2) is 5.69 Å². The summed E-state index contributed by atoms with van der Waals surface area (Å²) < 4.78 is 4.89. The minimum Gasteiger partial charge on any atom is -0.464 e. The van der Waals surface area contributed by atoms with Crippen molar-refractivity contribution in [3.63, 3.8) is 0 Å². The molecule has 1 aromatic heterocycles. The van der Waals surface area contributed by atoms with E-state index in [1.165, 1.54) is 48.5 Å². The third kappa shape index (κ3) is 2.27. The number of rotatable bonds is 2. The molecule has 0 bridgehead atoms. The number of hydrogen-bond acceptors (Lipinski definition) is 5. The van der Waals surface area contributed by atoms with Crippen molar-refractivity contribution < 1.29 is 9.53 Å². The number of benzene rings is 1. The lowest BCUT2D eigenvalue weighted by molar-refractivity contribution is 0.0594. The molecule has 5 heteroatoms. The van der Waals surface area contributed by atoms with Gasteiger partial charge in [0.25, 0.3) is 0 Å². The summed E-state index contributed by atoms with van der Waals surface area (Å²) in [6.45, 7) is 4.44. The first kappa shape index (κ1) is 15.1. The molecule has 0 atom stereocenters. The van der Waals surface area contributed by atoms with Gasteiger partial charge < -0.3 is 9.64 Å². The average molecular weight is 323 g/mol. The van der Waals surface area contributed by atoms with Crippen molar-refractivity contribution >= 4 is 11.7 Å².